The topological polar surface area (TPSA) is 85.6 Å². The van der Waals surface area contributed by atoms with E-state index in [1.165, 1.54) is 6.07 Å². The Hall–Kier alpha value is -2.91. The van der Waals surface area contributed by atoms with Gasteiger partial charge in [0.05, 0.1) is 13.2 Å². The molecular formula is C19H26F2N6O2. The van der Waals surface area contributed by atoms with Crippen LogP contribution in [0, 0.1) is 0 Å². The Balaban J connectivity index is 1.60. The smallest absolute Gasteiger partial charge is 0.387 e. The molecule has 10 heteroatoms. The van der Waals surface area contributed by atoms with Crippen molar-refractivity contribution < 1.29 is 18.3 Å². The summed E-state index contributed by atoms with van der Waals surface area (Å²) in [5.74, 6) is 2.94. The van der Waals surface area contributed by atoms with Crippen LogP contribution in [0.25, 0.3) is 0 Å². The fourth-order valence-electron chi connectivity index (χ4n) is 3.10. The molecule has 2 aromatic rings. The van der Waals surface area contributed by atoms with E-state index < -0.39 is 6.61 Å². The molecule has 1 aliphatic rings. The van der Waals surface area contributed by atoms with E-state index >= 15 is 0 Å². The van der Waals surface area contributed by atoms with Crippen LogP contribution < -0.4 is 20.1 Å². The second-order valence-electron chi connectivity index (χ2n) is 6.56. The zero-order valence-electron chi connectivity index (χ0n) is 16.6. The summed E-state index contributed by atoms with van der Waals surface area (Å²) in [6.45, 7) is 1.22. The van der Waals surface area contributed by atoms with Crippen LogP contribution in [0.2, 0.25) is 0 Å². The molecule has 0 amide bonds. The van der Waals surface area contributed by atoms with Gasteiger partial charge in [-0.05, 0) is 25.0 Å². The molecule has 2 N–H and O–H groups in total. The van der Waals surface area contributed by atoms with Gasteiger partial charge in [-0.3, -0.25) is 4.99 Å². The molecule has 2 heterocycles. The van der Waals surface area contributed by atoms with Gasteiger partial charge in [-0.1, -0.05) is 6.92 Å². The molecule has 0 saturated heterocycles. The van der Waals surface area contributed by atoms with E-state index in [1.54, 1.807) is 19.2 Å². The van der Waals surface area contributed by atoms with Gasteiger partial charge in [-0.25, -0.2) is 0 Å². The molecule has 1 aromatic carbocycles. The van der Waals surface area contributed by atoms with E-state index in [2.05, 4.69) is 35.1 Å². The molecule has 8 nitrogen and oxygen atoms in total. The van der Waals surface area contributed by atoms with Crippen LogP contribution in [0.5, 0.6) is 11.5 Å². The molecule has 0 spiro atoms. The van der Waals surface area contributed by atoms with Gasteiger partial charge in [0.15, 0.2) is 11.8 Å². The molecular weight excluding hydrogens is 382 g/mol. The first-order chi connectivity index (χ1) is 14.1. The van der Waals surface area contributed by atoms with Crippen LogP contribution in [0.3, 0.4) is 0 Å². The number of rotatable bonds is 9. The maximum Gasteiger partial charge on any atom is 0.387 e. The minimum atomic E-state index is -2.91. The quantitative estimate of drug-likeness (QED) is 0.490. The summed E-state index contributed by atoms with van der Waals surface area (Å²) in [6.07, 6.45) is 2.85. The standard InChI is InChI=1S/C19H26F2N6O2/c1-3-9-28-14-7-6-13(15(10-14)29-18(20)21)11-23-19(22-2)24-12-17-26-25-16-5-4-8-27(16)17/h6-7,10,18H,3-5,8-9,11-12H2,1-2H3,(H2,22,23,24). The highest BCUT2D eigenvalue weighted by Crippen LogP contribution is 2.26. The molecule has 0 radical (unpaired) electrons. The van der Waals surface area contributed by atoms with Crippen LogP contribution >= 0.6 is 0 Å². The third kappa shape index (κ3) is 5.55. The molecule has 0 atom stereocenters. The normalized spacial score (nSPS) is 13.5. The summed E-state index contributed by atoms with van der Waals surface area (Å²) in [7, 11) is 1.64. The lowest BCUT2D eigenvalue weighted by Crippen LogP contribution is -2.37. The average Bonchev–Trinajstić information content (AvgIpc) is 3.31. The lowest BCUT2D eigenvalue weighted by molar-refractivity contribution is -0.0505. The lowest BCUT2D eigenvalue weighted by atomic mass is 10.2. The van der Waals surface area contributed by atoms with Crippen molar-refractivity contribution in [2.24, 2.45) is 4.99 Å². The second-order valence-corrected chi connectivity index (χ2v) is 6.56. The average molecular weight is 408 g/mol. The maximum atomic E-state index is 12.8. The van der Waals surface area contributed by atoms with Gasteiger partial charge in [-0.15, -0.1) is 10.2 Å². The zero-order valence-corrected chi connectivity index (χ0v) is 16.6. The number of ether oxygens (including phenoxy) is 2. The highest BCUT2D eigenvalue weighted by molar-refractivity contribution is 5.79. The van der Waals surface area contributed by atoms with Crippen molar-refractivity contribution in [3.63, 3.8) is 0 Å². The predicted molar refractivity (Wildman–Crippen MR) is 104 cm³/mol. The number of fused-ring (bicyclic) bond motifs is 1. The second kappa shape index (κ2) is 10.0. The van der Waals surface area contributed by atoms with Crippen LogP contribution in [-0.4, -0.2) is 41.0 Å². The van der Waals surface area contributed by atoms with Crippen molar-refractivity contribution in [3.05, 3.63) is 35.4 Å². The van der Waals surface area contributed by atoms with Crippen molar-refractivity contribution in [2.45, 2.75) is 52.4 Å². The molecule has 158 valence electrons. The number of hydrogen-bond acceptors (Lipinski definition) is 5. The number of aryl methyl sites for hydroxylation is 1. The van der Waals surface area contributed by atoms with E-state index in [4.69, 9.17) is 4.74 Å². The van der Waals surface area contributed by atoms with Crippen molar-refractivity contribution in [3.8, 4) is 11.5 Å². The van der Waals surface area contributed by atoms with Gasteiger partial charge in [0.2, 0.25) is 0 Å². The van der Waals surface area contributed by atoms with Gasteiger partial charge in [-0.2, -0.15) is 8.78 Å². The molecule has 0 bridgehead atoms. The van der Waals surface area contributed by atoms with Gasteiger partial charge in [0.25, 0.3) is 0 Å². The summed E-state index contributed by atoms with van der Waals surface area (Å²) in [5.41, 5.74) is 0.570. The van der Waals surface area contributed by atoms with E-state index in [0.29, 0.717) is 30.4 Å². The molecule has 0 fully saturated rings. The largest absolute Gasteiger partial charge is 0.493 e. The monoisotopic (exact) mass is 408 g/mol. The Bertz CT molecular complexity index is 840. The Kier molecular flexibility index (Phi) is 7.20. The van der Waals surface area contributed by atoms with Crippen molar-refractivity contribution >= 4 is 5.96 Å². The Labute approximate surface area is 168 Å². The van der Waals surface area contributed by atoms with Crippen LogP contribution in [0.4, 0.5) is 8.78 Å². The number of aromatic nitrogens is 3. The molecule has 0 unspecified atom stereocenters. The zero-order chi connectivity index (χ0) is 20.6. The maximum absolute atomic E-state index is 12.8. The number of guanidine groups is 1. The van der Waals surface area contributed by atoms with Crippen LogP contribution in [-0.2, 0) is 26.1 Å². The fourth-order valence-corrected chi connectivity index (χ4v) is 3.10. The van der Waals surface area contributed by atoms with E-state index in [0.717, 1.165) is 37.5 Å². The molecule has 29 heavy (non-hydrogen) atoms. The minimum Gasteiger partial charge on any atom is -0.493 e. The third-order valence-electron chi connectivity index (χ3n) is 4.50. The Morgan fingerprint density at radius 2 is 2.10 bits per heavy atom. The van der Waals surface area contributed by atoms with Crippen LogP contribution in [0.1, 0.15) is 37.0 Å². The van der Waals surface area contributed by atoms with Crippen molar-refractivity contribution in [2.75, 3.05) is 13.7 Å². The Morgan fingerprint density at radius 1 is 1.28 bits per heavy atom. The Morgan fingerprint density at radius 3 is 2.86 bits per heavy atom. The molecule has 0 aliphatic carbocycles. The number of alkyl halides is 2. The lowest BCUT2D eigenvalue weighted by Gasteiger charge is -2.16. The highest BCUT2D eigenvalue weighted by atomic mass is 19.3. The fraction of sp³-hybridized carbons (Fsp3) is 0.526. The molecule has 1 aliphatic heterocycles. The number of nitrogens with zero attached hydrogens (tertiary/aromatic N) is 4. The first-order valence-electron chi connectivity index (χ1n) is 9.66. The first-order valence-corrected chi connectivity index (χ1v) is 9.66. The summed E-state index contributed by atoms with van der Waals surface area (Å²) >= 11 is 0. The highest BCUT2D eigenvalue weighted by Gasteiger charge is 2.17. The summed E-state index contributed by atoms with van der Waals surface area (Å²) in [5, 5.41) is 14.7. The van der Waals surface area contributed by atoms with E-state index in [-0.39, 0.29) is 12.3 Å². The van der Waals surface area contributed by atoms with E-state index in [9.17, 15) is 8.78 Å². The molecule has 3 rings (SSSR count). The van der Waals surface area contributed by atoms with Gasteiger partial charge < -0.3 is 24.7 Å². The number of aliphatic imine (C=N–C) groups is 1. The summed E-state index contributed by atoms with van der Waals surface area (Å²) < 4.78 is 37.9. The third-order valence-corrected chi connectivity index (χ3v) is 4.50. The SMILES string of the molecule is CCCOc1ccc(CNC(=NC)NCc2nnc3n2CCC3)c(OC(F)F)c1. The first kappa shape index (κ1) is 20.8. The number of hydrogen-bond donors (Lipinski definition) is 2. The van der Waals surface area contributed by atoms with Crippen LogP contribution in [0.15, 0.2) is 23.2 Å². The van der Waals surface area contributed by atoms with Gasteiger partial charge in [0.1, 0.15) is 17.3 Å². The predicted octanol–water partition coefficient (Wildman–Crippen LogP) is 2.48. The van der Waals surface area contributed by atoms with Gasteiger partial charge in [0, 0.05) is 38.2 Å². The van der Waals surface area contributed by atoms with Crippen molar-refractivity contribution in [1.82, 2.24) is 25.4 Å². The number of halogens is 2. The molecule has 0 saturated carbocycles. The van der Waals surface area contributed by atoms with Crippen molar-refractivity contribution in [1.29, 1.82) is 0 Å². The minimum absolute atomic E-state index is 0.0758. The number of benzene rings is 1. The van der Waals surface area contributed by atoms with Gasteiger partial charge >= 0.3 is 6.61 Å². The van der Waals surface area contributed by atoms with E-state index in [1.807, 2.05) is 6.92 Å². The summed E-state index contributed by atoms with van der Waals surface area (Å²) in [4.78, 5) is 4.17. The number of nitrogens with one attached hydrogen (secondary N) is 2. The molecule has 1 aromatic heterocycles. The summed E-state index contributed by atoms with van der Waals surface area (Å²) in [6, 6.07) is 4.92.